The number of carbonyl (C=O) groups excluding carboxylic acids is 2. The predicted octanol–water partition coefficient (Wildman–Crippen LogP) is 2.74. The molecule has 2 atom stereocenters. The number of fused-ring (bicyclic) bond motifs is 1. The van der Waals surface area contributed by atoms with Crippen molar-refractivity contribution >= 4 is 22.8 Å². The average Bonchev–Trinajstić information content (AvgIpc) is 3.18. The zero-order valence-corrected chi connectivity index (χ0v) is 17.3. The molecule has 0 bridgehead atoms. The number of benzene rings is 2. The molecule has 33 heavy (non-hydrogen) atoms. The Bertz CT molecular complexity index is 1160. The Morgan fingerprint density at radius 2 is 1.88 bits per heavy atom. The van der Waals surface area contributed by atoms with Gasteiger partial charge in [-0.25, -0.2) is 10.5 Å². The lowest BCUT2D eigenvalue weighted by molar-refractivity contribution is -0.146. The molecule has 0 unspecified atom stereocenters. The normalized spacial score (nSPS) is 18.8. The number of hydrogen-bond donors (Lipinski definition) is 3. The first-order valence-corrected chi connectivity index (χ1v) is 10.2. The van der Waals surface area contributed by atoms with E-state index in [9.17, 15) is 22.8 Å². The van der Waals surface area contributed by atoms with E-state index < -0.39 is 35.8 Å². The third kappa shape index (κ3) is 4.83. The van der Waals surface area contributed by atoms with E-state index >= 15 is 0 Å². The maximum absolute atomic E-state index is 13.5. The number of amides is 2. The van der Waals surface area contributed by atoms with Crippen LogP contribution in [-0.2, 0) is 22.3 Å². The molecule has 1 fully saturated rings. The third-order valence-corrected chi connectivity index (χ3v) is 5.58. The molecule has 8 nitrogen and oxygen atoms in total. The first kappa shape index (κ1) is 22.7. The van der Waals surface area contributed by atoms with Crippen molar-refractivity contribution in [3.8, 4) is 0 Å². The molecule has 1 aliphatic rings. The van der Waals surface area contributed by atoms with E-state index in [1.54, 1.807) is 35.8 Å². The molecule has 2 aromatic carbocycles. The highest BCUT2D eigenvalue weighted by molar-refractivity contribution is 5.95. The second-order valence-electron chi connectivity index (χ2n) is 7.73. The lowest BCUT2D eigenvalue weighted by Crippen LogP contribution is -2.51. The Morgan fingerprint density at radius 3 is 2.58 bits per heavy atom. The van der Waals surface area contributed by atoms with E-state index in [0.717, 1.165) is 4.57 Å². The monoisotopic (exact) mass is 462 g/mol. The molecular formula is C22H21F3N4O4. The van der Waals surface area contributed by atoms with E-state index in [1.807, 2.05) is 0 Å². The maximum Gasteiger partial charge on any atom is 0.449 e. The van der Waals surface area contributed by atoms with Gasteiger partial charge in [0.05, 0.1) is 23.6 Å². The van der Waals surface area contributed by atoms with E-state index in [-0.39, 0.29) is 18.7 Å². The molecule has 3 N–H and O–H groups in total. The summed E-state index contributed by atoms with van der Waals surface area (Å²) in [6, 6.07) is 12.0. The van der Waals surface area contributed by atoms with Crippen LogP contribution in [0.25, 0.3) is 11.0 Å². The van der Waals surface area contributed by atoms with Crippen molar-refractivity contribution in [2.45, 2.75) is 25.2 Å². The molecule has 0 aliphatic carbocycles. The van der Waals surface area contributed by atoms with Gasteiger partial charge in [-0.05, 0) is 36.2 Å². The number of hydrogen-bond acceptors (Lipinski definition) is 5. The minimum Gasteiger partial charge on any atom is -0.380 e. The smallest absolute Gasteiger partial charge is 0.380 e. The third-order valence-electron chi connectivity index (χ3n) is 5.58. The Kier molecular flexibility index (Phi) is 6.34. The van der Waals surface area contributed by atoms with E-state index in [4.69, 9.17) is 9.94 Å². The molecule has 4 rings (SSSR count). The fourth-order valence-corrected chi connectivity index (χ4v) is 3.90. The summed E-state index contributed by atoms with van der Waals surface area (Å²) >= 11 is 0. The average molecular weight is 462 g/mol. The molecule has 3 aromatic rings. The predicted molar refractivity (Wildman–Crippen MR) is 110 cm³/mol. The molecule has 2 heterocycles. The zero-order chi connectivity index (χ0) is 23.6. The summed E-state index contributed by atoms with van der Waals surface area (Å²) in [7, 11) is 0. The summed E-state index contributed by atoms with van der Waals surface area (Å²) in [6.07, 6.45) is -4.21. The molecule has 0 saturated carbocycles. The van der Waals surface area contributed by atoms with Crippen LogP contribution in [0.4, 0.5) is 13.2 Å². The Morgan fingerprint density at radius 1 is 1.15 bits per heavy atom. The minimum atomic E-state index is -4.61. The fraction of sp³-hybridized carbons (Fsp3) is 0.318. The number of aromatic nitrogens is 2. The summed E-state index contributed by atoms with van der Waals surface area (Å²) in [5, 5.41) is 11.6. The van der Waals surface area contributed by atoms with E-state index in [1.165, 1.54) is 18.2 Å². The van der Waals surface area contributed by atoms with Gasteiger partial charge >= 0.3 is 6.18 Å². The molecule has 11 heteroatoms. The van der Waals surface area contributed by atoms with Gasteiger partial charge in [0.15, 0.2) is 0 Å². The number of alkyl halides is 3. The number of para-hydroxylation sites is 2. The van der Waals surface area contributed by atoms with E-state index in [2.05, 4.69) is 10.3 Å². The Balaban J connectivity index is 1.51. The van der Waals surface area contributed by atoms with Crippen molar-refractivity contribution in [3.63, 3.8) is 0 Å². The highest BCUT2D eigenvalue weighted by atomic mass is 19.4. The molecule has 1 aromatic heterocycles. The largest absolute Gasteiger partial charge is 0.449 e. The maximum atomic E-state index is 13.5. The van der Waals surface area contributed by atoms with Gasteiger partial charge in [-0.15, -0.1) is 0 Å². The highest BCUT2D eigenvalue weighted by Gasteiger charge is 2.37. The standard InChI is InChI=1S/C22H21F3N4O4/c23-22(24,25)21-27-17-3-1-2-4-18(17)29(21)11-13-5-7-14(8-6-13)19(30)26-16-9-10-33-12-15(16)20(31)28-32/h1-8,15-16,32H,9-12H2,(H,26,30)(H,28,31)/t15-,16-/m0/s1. The van der Waals surface area contributed by atoms with Crippen LogP contribution in [0.1, 0.15) is 28.2 Å². The summed E-state index contributed by atoms with van der Waals surface area (Å²) in [4.78, 5) is 28.2. The fourth-order valence-electron chi connectivity index (χ4n) is 3.90. The Labute approximate surface area is 186 Å². The van der Waals surface area contributed by atoms with Crippen LogP contribution in [0.5, 0.6) is 0 Å². The SMILES string of the molecule is O=C(N[C@H]1CCOC[C@@H]1C(=O)NO)c1ccc(Cn2c(C(F)(F)F)nc3ccccc32)cc1. The van der Waals surface area contributed by atoms with Gasteiger partial charge in [-0.2, -0.15) is 13.2 Å². The number of halogens is 3. The van der Waals surface area contributed by atoms with Crippen LogP contribution < -0.4 is 10.8 Å². The van der Waals surface area contributed by atoms with Crippen molar-refractivity contribution in [2.24, 2.45) is 5.92 Å². The van der Waals surface area contributed by atoms with Gasteiger partial charge in [0.2, 0.25) is 5.82 Å². The number of ether oxygens (including phenoxy) is 1. The van der Waals surface area contributed by atoms with Crippen LogP contribution in [0, 0.1) is 5.92 Å². The van der Waals surface area contributed by atoms with Crippen LogP contribution in [0.15, 0.2) is 48.5 Å². The Hall–Kier alpha value is -3.44. The lowest BCUT2D eigenvalue weighted by atomic mass is 9.94. The quantitative estimate of drug-likeness (QED) is 0.400. The minimum absolute atomic E-state index is 0.0661. The van der Waals surface area contributed by atoms with Gasteiger partial charge in [-0.1, -0.05) is 24.3 Å². The molecule has 1 aliphatic heterocycles. The molecule has 0 spiro atoms. The number of rotatable bonds is 5. The van der Waals surface area contributed by atoms with Crippen molar-refractivity contribution < 1.29 is 32.7 Å². The molecular weight excluding hydrogens is 441 g/mol. The number of nitrogens with one attached hydrogen (secondary N) is 2. The van der Waals surface area contributed by atoms with Crippen LogP contribution in [0.2, 0.25) is 0 Å². The van der Waals surface area contributed by atoms with Crippen molar-refractivity contribution in [1.82, 2.24) is 20.3 Å². The number of carbonyl (C=O) groups is 2. The van der Waals surface area contributed by atoms with Gasteiger partial charge in [0.25, 0.3) is 11.8 Å². The number of hydroxylamine groups is 1. The number of imidazole rings is 1. The molecule has 0 radical (unpaired) electrons. The van der Waals surface area contributed by atoms with Gasteiger partial charge in [-0.3, -0.25) is 14.8 Å². The van der Waals surface area contributed by atoms with Crippen molar-refractivity contribution in [3.05, 3.63) is 65.5 Å². The lowest BCUT2D eigenvalue weighted by Gasteiger charge is -2.30. The zero-order valence-electron chi connectivity index (χ0n) is 17.3. The summed E-state index contributed by atoms with van der Waals surface area (Å²) in [5.74, 6) is -2.81. The molecule has 2 amide bonds. The van der Waals surface area contributed by atoms with Crippen LogP contribution >= 0.6 is 0 Å². The second-order valence-corrected chi connectivity index (χ2v) is 7.73. The summed E-state index contributed by atoms with van der Waals surface area (Å²) in [6.45, 7) is 0.353. The topological polar surface area (TPSA) is 105 Å². The first-order valence-electron chi connectivity index (χ1n) is 10.2. The second kappa shape index (κ2) is 9.20. The van der Waals surface area contributed by atoms with Gasteiger partial charge < -0.3 is 14.6 Å². The molecule has 174 valence electrons. The first-order chi connectivity index (χ1) is 15.8. The van der Waals surface area contributed by atoms with E-state index in [0.29, 0.717) is 29.7 Å². The van der Waals surface area contributed by atoms with Crippen molar-refractivity contribution in [2.75, 3.05) is 13.2 Å². The molecule has 1 saturated heterocycles. The summed E-state index contributed by atoms with van der Waals surface area (Å²) in [5.41, 5.74) is 3.04. The number of nitrogens with zero attached hydrogens (tertiary/aromatic N) is 2. The van der Waals surface area contributed by atoms with Crippen molar-refractivity contribution in [1.29, 1.82) is 0 Å². The van der Waals surface area contributed by atoms with Gasteiger partial charge in [0.1, 0.15) is 0 Å². The van der Waals surface area contributed by atoms with Gasteiger partial charge in [0, 0.05) is 24.8 Å². The van der Waals surface area contributed by atoms with Crippen LogP contribution in [-0.4, -0.2) is 45.8 Å². The van der Waals surface area contributed by atoms with Crippen LogP contribution in [0.3, 0.4) is 0 Å². The highest BCUT2D eigenvalue weighted by Crippen LogP contribution is 2.32. The summed E-state index contributed by atoms with van der Waals surface area (Å²) < 4.78 is 46.9.